The zero-order valence-corrected chi connectivity index (χ0v) is 15.6. The third kappa shape index (κ3) is 5.24. The average molecular weight is 411 g/mol. The highest BCUT2D eigenvalue weighted by Gasteiger charge is 2.36. The minimum Gasteiger partial charge on any atom is -0.403 e. The van der Waals surface area contributed by atoms with Crippen molar-refractivity contribution in [2.75, 3.05) is 0 Å². The summed E-state index contributed by atoms with van der Waals surface area (Å²) in [6.07, 6.45) is -0.604. The van der Waals surface area contributed by atoms with Crippen molar-refractivity contribution in [1.82, 2.24) is 0 Å². The van der Waals surface area contributed by atoms with Crippen LogP contribution in [0.1, 0.15) is 16.7 Å². The molecule has 0 saturated carbocycles. The molecule has 148 valence electrons. The third-order valence-corrected chi connectivity index (χ3v) is 4.49. The van der Waals surface area contributed by atoms with Crippen LogP contribution in [0.25, 0.3) is 0 Å². The molecule has 0 fully saturated rings. The van der Waals surface area contributed by atoms with Gasteiger partial charge in [-0.1, -0.05) is 54.6 Å². The molecule has 7 heteroatoms. The number of halogens is 5. The van der Waals surface area contributed by atoms with Gasteiger partial charge in [-0.3, -0.25) is 0 Å². The molecule has 0 aliphatic rings. The fourth-order valence-electron chi connectivity index (χ4n) is 2.71. The minimum absolute atomic E-state index is 0.0498. The highest BCUT2D eigenvalue weighted by molar-refractivity contribution is 6.31. The monoisotopic (exact) mass is 410 g/mol. The number of benzene rings is 2. The van der Waals surface area contributed by atoms with E-state index in [0.29, 0.717) is 6.07 Å². The number of allylic oxidation sites excluding steroid dienone is 2. The zero-order valence-electron chi connectivity index (χ0n) is 14.8. The van der Waals surface area contributed by atoms with E-state index in [9.17, 15) is 17.6 Å². The van der Waals surface area contributed by atoms with Crippen LogP contribution in [0.3, 0.4) is 0 Å². The maximum absolute atomic E-state index is 14.0. The van der Waals surface area contributed by atoms with Gasteiger partial charge in [-0.25, -0.2) is 4.39 Å². The second kappa shape index (κ2) is 8.63. The van der Waals surface area contributed by atoms with Crippen LogP contribution in [-0.4, -0.2) is 0 Å². The van der Waals surface area contributed by atoms with Gasteiger partial charge in [-0.05, 0) is 47.4 Å². The summed E-state index contributed by atoms with van der Waals surface area (Å²) >= 11 is 5.83. The predicted molar refractivity (Wildman–Crippen MR) is 104 cm³/mol. The third-order valence-electron chi connectivity index (χ3n) is 4.24. The molecule has 28 heavy (non-hydrogen) atoms. The molecule has 0 spiro atoms. The van der Waals surface area contributed by atoms with Gasteiger partial charge in [0.15, 0.2) is 0 Å². The van der Waals surface area contributed by atoms with Crippen molar-refractivity contribution in [3.05, 3.63) is 107 Å². The SMILES string of the molecule is C=C(/C=C\C(Cl)=C/N)C(N)(Cc1ccccc1)c1cc(F)cc(C(F)(F)F)c1. The van der Waals surface area contributed by atoms with Crippen LogP contribution >= 0.6 is 11.6 Å². The summed E-state index contributed by atoms with van der Waals surface area (Å²) in [5.74, 6) is -1.04. The Balaban J connectivity index is 2.60. The minimum atomic E-state index is -4.72. The van der Waals surface area contributed by atoms with Gasteiger partial charge in [-0.2, -0.15) is 13.2 Å². The molecule has 0 aromatic heterocycles. The highest BCUT2D eigenvalue weighted by Crippen LogP contribution is 2.36. The largest absolute Gasteiger partial charge is 0.416 e. The van der Waals surface area contributed by atoms with Crippen LogP contribution in [0.15, 0.2) is 84.1 Å². The molecule has 2 aromatic carbocycles. The molecule has 2 aromatic rings. The fourth-order valence-corrected chi connectivity index (χ4v) is 2.78. The smallest absolute Gasteiger partial charge is 0.403 e. The van der Waals surface area contributed by atoms with Crippen molar-refractivity contribution >= 4 is 11.6 Å². The van der Waals surface area contributed by atoms with E-state index in [1.165, 1.54) is 12.2 Å². The molecular formula is C21H19ClF4N2. The van der Waals surface area contributed by atoms with E-state index in [1.807, 2.05) is 0 Å². The van der Waals surface area contributed by atoms with E-state index < -0.39 is 23.1 Å². The molecule has 0 bridgehead atoms. The molecule has 2 rings (SSSR count). The average Bonchev–Trinajstić information content (AvgIpc) is 2.65. The fraction of sp³-hybridized carbons (Fsp3) is 0.143. The molecule has 0 amide bonds. The molecule has 0 saturated heterocycles. The van der Waals surface area contributed by atoms with Gasteiger partial charge in [0.2, 0.25) is 0 Å². The van der Waals surface area contributed by atoms with Crippen molar-refractivity contribution in [2.24, 2.45) is 11.5 Å². The van der Waals surface area contributed by atoms with Crippen LogP contribution < -0.4 is 11.5 Å². The Morgan fingerprint density at radius 2 is 1.64 bits per heavy atom. The lowest BCUT2D eigenvalue weighted by Gasteiger charge is -2.32. The number of alkyl halides is 3. The Bertz CT molecular complexity index is 904. The Morgan fingerprint density at radius 3 is 2.21 bits per heavy atom. The van der Waals surface area contributed by atoms with Crippen molar-refractivity contribution in [2.45, 2.75) is 18.1 Å². The van der Waals surface area contributed by atoms with E-state index in [0.717, 1.165) is 23.9 Å². The maximum atomic E-state index is 14.0. The van der Waals surface area contributed by atoms with E-state index in [4.69, 9.17) is 23.1 Å². The molecule has 2 nitrogen and oxygen atoms in total. The van der Waals surface area contributed by atoms with E-state index in [-0.39, 0.29) is 22.6 Å². The summed E-state index contributed by atoms with van der Waals surface area (Å²) in [5.41, 5.74) is 10.1. The van der Waals surface area contributed by atoms with Gasteiger partial charge < -0.3 is 11.5 Å². The van der Waals surface area contributed by atoms with Gasteiger partial charge in [0.25, 0.3) is 0 Å². The Morgan fingerprint density at radius 1 is 1.04 bits per heavy atom. The summed E-state index contributed by atoms with van der Waals surface area (Å²) in [6, 6.07) is 11.1. The van der Waals surface area contributed by atoms with Crippen LogP contribution in [0, 0.1) is 5.82 Å². The van der Waals surface area contributed by atoms with Crippen molar-refractivity contribution in [1.29, 1.82) is 0 Å². The number of hydrogen-bond donors (Lipinski definition) is 2. The van der Waals surface area contributed by atoms with Crippen molar-refractivity contribution in [3.8, 4) is 0 Å². The molecular weight excluding hydrogens is 392 g/mol. The number of rotatable bonds is 6. The lowest BCUT2D eigenvalue weighted by molar-refractivity contribution is -0.137. The number of nitrogens with two attached hydrogens (primary N) is 2. The van der Waals surface area contributed by atoms with Crippen LogP contribution in [0.4, 0.5) is 17.6 Å². The van der Waals surface area contributed by atoms with E-state index >= 15 is 0 Å². The molecule has 0 aliphatic heterocycles. The first-order chi connectivity index (χ1) is 13.1. The topological polar surface area (TPSA) is 52.0 Å². The standard InChI is InChI=1S/C21H19ClF4N2/c1-14(7-8-18(22)13-27)20(28,12-15-5-3-2-4-6-15)16-9-17(21(24,25)26)11-19(23)10-16/h2-11,13H,1,12,27-28H2/b8-7-,18-13+. The second-order valence-corrected chi connectivity index (χ2v) is 6.71. The summed E-state index contributed by atoms with van der Waals surface area (Å²) in [4.78, 5) is 0. The maximum Gasteiger partial charge on any atom is 0.416 e. The van der Waals surface area contributed by atoms with Crippen LogP contribution in [0.5, 0.6) is 0 Å². The van der Waals surface area contributed by atoms with E-state index in [1.54, 1.807) is 30.3 Å². The first-order valence-corrected chi connectivity index (χ1v) is 8.60. The van der Waals surface area contributed by atoms with Crippen LogP contribution in [0.2, 0.25) is 0 Å². The van der Waals surface area contributed by atoms with Gasteiger partial charge in [-0.15, -0.1) is 0 Å². The normalized spacial score (nSPS) is 14.9. The molecule has 0 heterocycles. The summed E-state index contributed by atoms with van der Waals surface area (Å²) in [5, 5.41) is 0.193. The highest BCUT2D eigenvalue weighted by atomic mass is 35.5. The van der Waals surface area contributed by atoms with Crippen LogP contribution in [-0.2, 0) is 18.1 Å². The summed E-state index contributed by atoms with van der Waals surface area (Å²) in [6.45, 7) is 3.88. The van der Waals surface area contributed by atoms with Crippen molar-refractivity contribution in [3.63, 3.8) is 0 Å². The molecule has 1 atom stereocenters. The molecule has 4 N–H and O–H groups in total. The Labute approximate surface area is 165 Å². The van der Waals surface area contributed by atoms with Gasteiger partial charge in [0.1, 0.15) is 5.82 Å². The predicted octanol–water partition coefficient (Wildman–Crippen LogP) is 5.39. The molecule has 1 unspecified atom stereocenters. The number of hydrogen-bond acceptors (Lipinski definition) is 2. The lowest BCUT2D eigenvalue weighted by atomic mass is 9.78. The quantitative estimate of drug-likeness (QED) is 0.495. The lowest BCUT2D eigenvalue weighted by Crippen LogP contribution is -2.40. The molecule has 0 radical (unpaired) electrons. The van der Waals surface area contributed by atoms with Crippen molar-refractivity contribution < 1.29 is 17.6 Å². The van der Waals surface area contributed by atoms with Gasteiger partial charge in [0, 0.05) is 6.20 Å². The Hall–Kier alpha value is -2.57. The van der Waals surface area contributed by atoms with Gasteiger partial charge in [0.05, 0.1) is 16.1 Å². The first kappa shape index (κ1) is 21.7. The van der Waals surface area contributed by atoms with E-state index in [2.05, 4.69) is 6.58 Å². The van der Waals surface area contributed by atoms with Gasteiger partial charge >= 0.3 is 6.18 Å². The zero-order chi connectivity index (χ0) is 20.9. The first-order valence-electron chi connectivity index (χ1n) is 8.22. The second-order valence-electron chi connectivity index (χ2n) is 6.27. The summed E-state index contributed by atoms with van der Waals surface area (Å²) in [7, 11) is 0. The summed E-state index contributed by atoms with van der Waals surface area (Å²) < 4.78 is 53.6. The molecule has 0 aliphatic carbocycles. The Kier molecular flexibility index (Phi) is 6.69.